The van der Waals surface area contributed by atoms with Gasteiger partial charge >= 0.3 is 0 Å². The second-order valence-electron chi connectivity index (χ2n) is 3.43. The molecule has 0 aromatic heterocycles. The summed E-state index contributed by atoms with van der Waals surface area (Å²) in [6.07, 6.45) is 0.192. The lowest BCUT2D eigenvalue weighted by atomic mass is 10.0. The number of rotatable bonds is 1. The predicted molar refractivity (Wildman–Crippen MR) is 40.9 cm³/mol. The Bertz CT molecular complexity index is 125. The van der Waals surface area contributed by atoms with Crippen molar-refractivity contribution in [2.45, 2.75) is 18.6 Å². The molecule has 2 atom stereocenters. The third-order valence-corrected chi connectivity index (χ3v) is 2.11. The second kappa shape index (κ2) is 2.49. The summed E-state index contributed by atoms with van der Waals surface area (Å²) < 4.78 is 5.23. The molecule has 1 rings (SSSR count). The molecule has 0 saturated carbocycles. The van der Waals surface area contributed by atoms with Crippen LogP contribution in [0.5, 0.6) is 0 Å². The second-order valence-corrected chi connectivity index (χ2v) is 3.43. The molecule has 0 bridgehead atoms. The van der Waals surface area contributed by atoms with Gasteiger partial charge in [0.15, 0.2) is 0 Å². The van der Waals surface area contributed by atoms with Gasteiger partial charge in [-0.15, -0.1) is 0 Å². The lowest BCUT2D eigenvalue weighted by molar-refractivity contribution is 0.0720. The van der Waals surface area contributed by atoms with Crippen LogP contribution in [0, 0.1) is 0 Å². The predicted octanol–water partition coefficient (Wildman–Crippen LogP) is -0.336. The highest BCUT2D eigenvalue weighted by Gasteiger charge is 2.38. The molecule has 3 nitrogen and oxygen atoms in total. The van der Waals surface area contributed by atoms with Gasteiger partial charge in [0.1, 0.15) is 0 Å². The van der Waals surface area contributed by atoms with Crippen molar-refractivity contribution in [1.82, 2.24) is 4.90 Å². The van der Waals surface area contributed by atoms with Gasteiger partial charge in [0.05, 0.1) is 11.6 Å². The smallest absolute Gasteiger partial charge is 0.0886 e. The molecular formula is C7H16N2O. The van der Waals surface area contributed by atoms with E-state index < -0.39 is 0 Å². The summed E-state index contributed by atoms with van der Waals surface area (Å²) in [6, 6.07) is 0. The van der Waals surface area contributed by atoms with E-state index in [-0.39, 0.29) is 11.6 Å². The first kappa shape index (κ1) is 7.98. The molecular weight excluding hydrogens is 128 g/mol. The van der Waals surface area contributed by atoms with E-state index in [0.717, 1.165) is 13.1 Å². The minimum atomic E-state index is -0.163. The molecule has 1 heterocycles. The molecule has 0 unspecified atom stereocenters. The molecule has 2 N–H and O–H groups in total. The van der Waals surface area contributed by atoms with Crippen molar-refractivity contribution in [3.63, 3.8) is 0 Å². The van der Waals surface area contributed by atoms with Gasteiger partial charge in [-0.25, -0.2) is 0 Å². The maximum Gasteiger partial charge on any atom is 0.0886 e. The zero-order valence-electron chi connectivity index (χ0n) is 6.92. The molecule has 0 aromatic carbocycles. The van der Waals surface area contributed by atoms with Crippen LogP contribution < -0.4 is 5.73 Å². The first-order valence-corrected chi connectivity index (χ1v) is 3.56. The van der Waals surface area contributed by atoms with Crippen molar-refractivity contribution >= 4 is 0 Å². The Morgan fingerprint density at radius 3 is 2.50 bits per heavy atom. The van der Waals surface area contributed by atoms with Crippen molar-refractivity contribution in [3.8, 4) is 0 Å². The monoisotopic (exact) mass is 144 g/mol. The fourth-order valence-electron chi connectivity index (χ4n) is 1.58. The highest BCUT2D eigenvalue weighted by atomic mass is 16.5. The molecule has 3 heteroatoms. The summed E-state index contributed by atoms with van der Waals surface area (Å²) in [4.78, 5) is 2.19. The Hall–Kier alpha value is -0.120. The SMILES string of the molecule is CO[C@H]1CN(C)C[C@@]1(C)N. The molecule has 1 saturated heterocycles. The number of nitrogens with zero attached hydrogens (tertiary/aromatic N) is 1. The summed E-state index contributed by atoms with van der Waals surface area (Å²) in [6.45, 7) is 3.90. The van der Waals surface area contributed by atoms with Gasteiger partial charge in [0, 0.05) is 20.2 Å². The van der Waals surface area contributed by atoms with E-state index in [1.807, 2.05) is 6.92 Å². The van der Waals surface area contributed by atoms with E-state index in [1.165, 1.54) is 0 Å². The third kappa shape index (κ3) is 1.31. The number of nitrogens with two attached hydrogens (primary N) is 1. The van der Waals surface area contributed by atoms with Gasteiger partial charge in [0.25, 0.3) is 0 Å². The van der Waals surface area contributed by atoms with Crippen LogP contribution in [0.4, 0.5) is 0 Å². The largest absolute Gasteiger partial charge is 0.378 e. The minimum absolute atomic E-state index is 0.163. The van der Waals surface area contributed by atoms with Gasteiger partial charge < -0.3 is 15.4 Å². The Labute approximate surface area is 62.1 Å². The van der Waals surface area contributed by atoms with Gasteiger partial charge in [0.2, 0.25) is 0 Å². The van der Waals surface area contributed by atoms with E-state index in [1.54, 1.807) is 7.11 Å². The quantitative estimate of drug-likeness (QED) is 0.547. The molecule has 10 heavy (non-hydrogen) atoms. The summed E-state index contributed by atoms with van der Waals surface area (Å²) >= 11 is 0. The minimum Gasteiger partial charge on any atom is -0.378 e. The Morgan fingerprint density at radius 2 is 2.30 bits per heavy atom. The number of likely N-dealkylation sites (N-methyl/N-ethyl adjacent to an activating group) is 1. The van der Waals surface area contributed by atoms with Gasteiger partial charge in [-0.3, -0.25) is 0 Å². The highest BCUT2D eigenvalue weighted by Crippen LogP contribution is 2.19. The summed E-state index contributed by atoms with van der Waals surface area (Å²) in [5.41, 5.74) is 5.79. The number of hydrogen-bond donors (Lipinski definition) is 1. The van der Waals surface area contributed by atoms with Crippen LogP contribution >= 0.6 is 0 Å². The number of methoxy groups -OCH3 is 1. The fraction of sp³-hybridized carbons (Fsp3) is 1.00. The van der Waals surface area contributed by atoms with E-state index in [4.69, 9.17) is 10.5 Å². The van der Waals surface area contributed by atoms with Crippen LogP contribution in [0.2, 0.25) is 0 Å². The normalized spacial score (nSPS) is 42.6. The summed E-state index contributed by atoms with van der Waals surface area (Å²) in [5, 5.41) is 0. The van der Waals surface area contributed by atoms with Crippen LogP contribution in [0.25, 0.3) is 0 Å². The molecule has 0 spiro atoms. The average molecular weight is 144 g/mol. The van der Waals surface area contributed by atoms with E-state index in [2.05, 4.69) is 11.9 Å². The molecule has 1 aliphatic rings. The van der Waals surface area contributed by atoms with Gasteiger partial charge in [-0.2, -0.15) is 0 Å². The Morgan fingerprint density at radius 1 is 1.70 bits per heavy atom. The van der Waals surface area contributed by atoms with E-state index in [0.29, 0.717) is 0 Å². The molecule has 0 radical (unpaired) electrons. The van der Waals surface area contributed by atoms with Crippen LogP contribution in [-0.2, 0) is 4.74 Å². The first-order valence-electron chi connectivity index (χ1n) is 3.56. The van der Waals surface area contributed by atoms with E-state index in [9.17, 15) is 0 Å². The number of likely N-dealkylation sites (tertiary alicyclic amines) is 1. The summed E-state index contributed by atoms with van der Waals surface area (Å²) in [5.74, 6) is 0. The molecule has 1 fully saturated rings. The first-order chi connectivity index (χ1) is 4.56. The van der Waals surface area contributed by atoms with Crippen LogP contribution in [0.15, 0.2) is 0 Å². The highest BCUT2D eigenvalue weighted by molar-refractivity contribution is 4.97. The molecule has 60 valence electrons. The lowest BCUT2D eigenvalue weighted by Gasteiger charge is -2.23. The zero-order valence-corrected chi connectivity index (χ0v) is 6.92. The number of hydrogen-bond acceptors (Lipinski definition) is 3. The van der Waals surface area contributed by atoms with Crippen molar-refractivity contribution < 1.29 is 4.74 Å². The van der Waals surface area contributed by atoms with Crippen LogP contribution in [-0.4, -0.2) is 43.8 Å². The van der Waals surface area contributed by atoms with Crippen molar-refractivity contribution in [2.24, 2.45) is 5.73 Å². The van der Waals surface area contributed by atoms with Crippen LogP contribution in [0.1, 0.15) is 6.92 Å². The van der Waals surface area contributed by atoms with Crippen molar-refractivity contribution in [1.29, 1.82) is 0 Å². The zero-order chi connectivity index (χ0) is 7.78. The van der Waals surface area contributed by atoms with Gasteiger partial charge in [-0.1, -0.05) is 0 Å². The number of ether oxygens (including phenoxy) is 1. The molecule has 0 aliphatic carbocycles. The molecule has 0 aromatic rings. The van der Waals surface area contributed by atoms with Crippen molar-refractivity contribution in [3.05, 3.63) is 0 Å². The molecule has 1 aliphatic heterocycles. The van der Waals surface area contributed by atoms with Gasteiger partial charge in [-0.05, 0) is 14.0 Å². The fourth-order valence-corrected chi connectivity index (χ4v) is 1.58. The van der Waals surface area contributed by atoms with Crippen molar-refractivity contribution in [2.75, 3.05) is 27.2 Å². The maximum absolute atomic E-state index is 5.96. The standard InChI is InChI=1S/C7H16N2O/c1-7(8)5-9(2)4-6(7)10-3/h6H,4-5,8H2,1-3H3/t6-,7+/m0/s1. The molecule has 0 amide bonds. The van der Waals surface area contributed by atoms with E-state index >= 15 is 0 Å². The Kier molecular flexibility index (Phi) is 1.99. The average Bonchev–Trinajstić information content (AvgIpc) is 2.04. The Balaban J connectivity index is 2.58. The summed E-state index contributed by atoms with van der Waals surface area (Å²) in [7, 11) is 3.78. The lowest BCUT2D eigenvalue weighted by Crippen LogP contribution is -2.48. The van der Waals surface area contributed by atoms with Crippen LogP contribution in [0.3, 0.4) is 0 Å². The maximum atomic E-state index is 5.96. The third-order valence-electron chi connectivity index (χ3n) is 2.11. The topological polar surface area (TPSA) is 38.5 Å².